The van der Waals surface area contributed by atoms with Crippen molar-refractivity contribution in [1.82, 2.24) is 15.4 Å². The minimum Gasteiger partial charge on any atom is -0.271 e. The van der Waals surface area contributed by atoms with E-state index >= 15 is 0 Å². The summed E-state index contributed by atoms with van der Waals surface area (Å²) in [6.45, 7) is 4.00. The van der Waals surface area contributed by atoms with Gasteiger partial charge in [-0.05, 0) is 13.8 Å². The molecule has 3 N–H and O–H groups in total. The molecule has 0 aromatic carbocycles. The number of nitrogens with zero attached hydrogens (tertiary/aromatic N) is 2. The van der Waals surface area contributed by atoms with Crippen molar-refractivity contribution in [3.8, 4) is 0 Å². The van der Waals surface area contributed by atoms with Crippen LogP contribution < -0.4 is 11.3 Å². The lowest BCUT2D eigenvalue weighted by atomic mass is 10.2. The van der Waals surface area contributed by atoms with Gasteiger partial charge in [0.1, 0.15) is 0 Å². The molecule has 0 fully saturated rings. The highest BCUT2D eigenvalue weighted by atomic mass is 32.1. The molecule has 0 aliphatic carbocycles. The molecule has 2 aromatic rings. The third kappa shape index (κ3) is 2.65. The highest BCUT2D eigenvalue weighted by Gasteiger charge is 2.14. The van der Waals surface area contributed by atoms with Gasteiger partial charge in [-0.25, -0.2) is 9.97 Å². The Bertz CT molecular complexity index is 463. The van der Waals surface area contributed by atoms with Crippen molar-refractivity contribution in [3.05, 3.63) is 32.2 Å². The lowest BCUT2D eigenvalue weighted by Crippen LogP contribution is -2.28. The summed E-state index contributed by atoms with van der Waals surface area (Å²) in [4.78, 5) is 9.84. The molecule has 6 heteroatoms. The third-order valence-electron chi connectivity index (χ3n) is 2.23. The first-order valence-corrected chi connectivity index (χ1v) is 6.68. The van der Waals surface area contributed by atoms with Gasteiger partial charge in [0.2, 0.25) is 0 Å². The highest BCUT2D eigenvalue weighted by molar-refractivity contribution is 7.11. The molecule has 0 saturated heterocycles. The molecule has 2 heterocycles. The van der Waals surface area contributed by atoms with Crippen molar-refractivity contribution < 1.29 is 0 Å². The summed E-state index contributed by atoms with van der Waals surface area (Å²) >= 11 is 3.34. The largest absolute Gasteiger partial charge is 0.271 e. The molecule has 1 unspecified atom stereocenters. The minimum atomic E-state index is 0.108. The Balaban J connectivity index is 2.12. The van der Waals surface area contributed by atoms with E-state index in [1.165, 1.54) is 0 Å². The van der Waals surface area contributed by atoms with Crippen molar-refractivity contribution >= 4 is 22.7 Å². The molecule has 16 heavy (non-hydrogen) atoms. The highest BCUT2D eigenvalue weighted by Crippen LogP contribution is 2.24. The van der Waals surface area contributed by atoms with E-state index in [0.29, 0.717) is 0 Å². The van der Waals surface area contributed by atoms with E-state index in [4.69, 9.17) is 5.84 Å². The summed E-state index contributed by atoms with van der Waals surface area (Å²) in [5.41, 5.74) is 3.89. The van der Waals surface area contributed by atoms with E-state index in [1.54, 1.807) is 22.7 Å². The predicted molar refractivity (Wildman–Crippen MR) is 67.5 cm³/mol. The molecule has 0 saturated carbocycles. The van der Waals surface area contributed by atoms with E-state index < -0.39 is 0 Å². The van der Waals surface area contributed by atoms with Gasteiger partial charge in [0.15, 0.2) is 0 Å². The summed E-state index contributed by atoms with van der Waals surface area (Å²) < 4.78 is 0. The van der Waals surface area contributed by atoms with Gasteiger partial charge in [0.25, 0.3) is 0 Å². The number of nitrogens with one attached hydrogen (secondary N) is 1. The van der Waals surface area contributed by atoms with Crippen LogP contribution in [-0.2, 0) is 6.42 Å². The third-order valence-corrected chi connectivity index (χ3v) is 4.24. The Kier molecular flexibility index (Phi) is 3.65. The van der Waals surface area contributed by atoms with Gasteiger partial charge in [0, 0.05) is 28.6 Å². The fraction of sp³-hybridized carbons (Fsp3) is 0.400. The lowest BCUT2D eigenvalue weighted by molar-refractivity contribution is 0.558. The summed E-state index contributed by atoms with van der Waals surface area (Å²) in [5.74, 6) is 5.57. The van der Waals surface area contributed by atoms with Gasteiger partial charge in [-0.1, -0.05) is 0 Å². The Hall–Kier alpha value is -0.820. The van der Waals surface area contributed by atoms with Gasteiger partial charge in [-0.2, -0.15) is 0 Å². The van der Waals surface area contributed by atoms with Crippen molar-refractivity contribution in [1.29, 1.82) is 0 Å². The maximum absolute atomic E-state index is 5.57. The van der Waals surface area contributed by atoms with Gasteiger partial charge < -0.3 is 0 Å². The lowest BCUT2D eigenvalue weighted by Gasteiger charge is -2.11. The standard InChI is InChI=1S/C10H14N4S2/c1-6-5-15-10(13-6)3-8(14-11)9-4-12-7(2)16-9/h4-5,8,14H,3,11H2,1-2H3. The summed E-state index contributed by atoms with van der Waals surface area (Å²) in [5, 5.41) is 4.22. The molecule has 1 atom stereocenters. The van der Waals surface area contributed by atoms with Crippen LogP contribution in [0.5, 0.6) is 0 Å². The summed E-state index contributed by atoms with van der Waals surface area (Å²) in [7, 11) is 0. The van der Waals surface area contributed by atoms with Crippen LogP contribution in [0.4, 0.5) is 0 Å². The first-order valence-electron chi connectivity index (χ1n) is 4.98. The second kappa shape index (κ2) is 5.01. The van der Waals surface area contributed by atoms with E-state index in [-0.39, 0.29) is 6.04 Å². The van der Waals surface area contributed by atoms with E-state index in [0.717, 1.165) is 27.0 Å². The Morgan fingerprint density at radius 2 is 2.31 bits per heavy atom. The maximum atomic E-state index is 5.57. The Morgan fingerprint density at radius 3 is 2.81 bits per heavy atom. The number of aryl methyl sites for hydroxylation is 2. The van der Waals surface area contributed by atoms with Gasteiger partial charge >= 0.3 is 0 Å². The van der Waals surface area contributed by atoms with E-state index in [9.17, 15) is 0 Å². The zero-order valence-electron chi connectivity index (χ0n) is 9.23. The van der Waals surface area contributed by atoms with E-state index in [1.807, 2.05) is 20.0 Å². The molecule has 0 amide bonds. The van der Waals surface area contributed by atoms with Crippen LogP contribution in [0.25, 0.3) is 0 Å². The molecular formula is C10H14N4S2. The average Bonchev–Trinajstić information content (AvgIpc) is 2.84. The molecule has 0 aliphatic rings. The first kappa shape index (κ1) is 11.7. The summed E-state index contributed by atoms with van der Waals surface area (Å²) in [6, 6.07) is 0.108. The number of rotatable bonds is 4. The fourth-order valence-electron chi connectivity index (χ4n) is 1.45. The van der Waals surface area contributed by atoms with E-state index in [2.05, 4.69) is 20.8 Å². The molecule has 0 aliphatic heterocycles. The quantitative estimate of drug-likeness (QED) is 0.647. The van der Waals surface area contributed by atoms with Crippen LogP contribution in [0, 0.1) is 13.8 Å². The monoisotopic (exact) mass is 254 g/mol. The number of hydrogen-bond donors (Lipinski definition) is 2. The summed E-state index contributed by atoms with van der Waals surface area (Å²) in [6.07, 6.45) is 2.70. The number of aromatic nitrogens is 2. The minimum absolute atomic E-state index is 0.108. The first-order chi connectivity index (χ1) is 7.69. The molecule has 0 radical (unpaired) electrons. The number of thiazole rings is 2. The van der Waals surface area contributed by atoms with Crippen molar-refractivity contribution in [3.63, 3.8) is 0 Å². The molecular weight excluding hydrogens is 240 g/mol. The molecule has 4 nitrogen and oxygen atoms in total. The topological polar surface area (TPSA) is 63.8 Å². The molecule has 2 aromatic heterocycles. The normalized spacial score (nSPS) is 12.9. The van der Waals surface area contributed by atoms with Crippen molar-refractivity contribution in [2.75, 3.05) is 0 Å². The smallest absolute Gasteiger partial charge is 0.0947 e. The van der Waals surface area contributed by atoms with Crippen LogP contribution in [-0.4, -0.2) is 9.97 Å². The SMILES string of the molecule is Cc1csc(CC(NN)c2cnc(C)s2)n1. The van der Waals surface area contributed by atoms with Crippen LogP contribution in [0.15, 0.2) is 11.6 Å². The zero-order valence-corrected chi connectivity index (χ0v) is 10.9. The van der Waals surface area contributed by atoms with Crippen LogP contribution in [0.3, 0.4) is 0 Å². The van der Waals surface area contributed by atoms with Gasteiger partial charge in [-0.3, -0.25) is 11.3 Å². The van der Waals surface area contributed by atoms with Crippen LogP contribution in [0.1, 0.15) is 26.6 Å². The number of hydrazine groups is 1. The fourth-order valence-corrected chi connectivity index (χ4v) is 3.12. The second-order valence-electron chi connectivity index (χ2n) is 3.59. The molecule has 0 bridgehead atoms. The molecule has 86 valence electrons. The van der Waals surface area contributed by atoms with Gasteiger partial charge in [-0.15, -0.1) is 22.7 Å². The Morgan fingerprint density at radius 1 is 1.50 bits per heavy atom. The second-order valence-corrected chi connectivity index (χ2v) is 5.80. The predicted octanol–water partition coefficient (Wildman–Crippen LogP) is 1.96. The van der Waals surface area contributed by atoms with Crippen LogP contribution in [0.2, 0.25) is 0 Å². The van der Waals surface area contributed by atoms with Crippen molar-refractivity contribution in [2.24, 2.45) is 5.84 Å². The number of hydrogen-bond acceptors (Lipinski definition) is 6. The number of nitrogens with two attached hydrogens (primary N) is 1. The molecule has 2 rings (SSSR count). The Labute approximate surface area is 103 Å². The van der Waals surface area contributed by atoms with Crippen molar-refractivity contribution in [2.45, 2.75) is 26.3 Å². The van der Waals surface area contributed by atoms with Crippen LogP contribution >= 0.6 is 22.7 Å². The molecule has 0 spiro atoms. The van der Waals surface area contributed by atoms with Gasteiger partial charge in [0.05, 0.1) is 16.1 Å². The zero-order chi connectivity index (χ0) is 11.5. The maximum Gasteiger partial charge on any atom is 0.0947 e. The average molecular weight is 254 g/mol.